The monoisotopic (exact) mass is 554 g/mol. The van der Waals surface area contributed by atoms with E-state index in [4.69, 9.17) is 29.4 Å². The van der Waals surface area contributed by atoms with Gasteiger partial charge in [-0.05, 0) is 38.0 Å². The maximum Gasteiger partial charge on any atom is 0.414 e. The molecule has 0 spiro atoms. The zero-order chi connectivity index (χ0) is 29.6. The Hall–Kier alpha value is -4.54. The molecule has 0 fully saturated rings. The van der Waals surface area contributed by atoms with Crippen LogP contribution in [0.4, 0.5) is 10.5 Å². The van der Waals surface area contributed by atoms with Crippen LogP contribution in [0.15, 0.2) is 48.2 Å². The molecular formula is C29H34N2O9. The lowest BCUT2D eigenvalue weighted by Crippen LogP contribution is -2.36. The van der Waals surface area contributed by atoms with E-state index in [-0.39, 0.29) is 36.6 Å². The van der Waals surface area contributed by atoms with Gasteiger partial charge in [0, 0.05) is 31.0 Å². The number of carbonyl (C=O) groups is 4. The van der Waals surface area contributed by atoms with Gasteiger partial charge in [0.2, 0.25) is 0 Å². The molecule has 3 rings (SSSR count). The van der Waals surface area contributed by atoms with Crippen molar-refractivity contribution >= 4 is 35.3 Å². The molecule has 2 aromatic carbocycles. The van der Waals surface area contributed by atoms with E-state index in [1.165, 1.54) is 11.8 Å². The molecule has 1 unspecified atom stereocenters. The summed E-state index contributed by atoms with van der Waals surface area (Å²) in [6, 6.07) is 12.4. The van der Waals surface area contributed by atoms with E-state index in [0.717, 1.165) is 19.8 Å². The minimum Gasteiger partial charge on any atom is -0.488 e. The number of rotatable bonds is 8. The van der Waals surface area contributed by atoms with E-state index in [1.807, 2.05) is 30.3 Å². The normalized spacial score (nSPS) is 14.9. The molecule has 11 nitrogen and oxygen atoms in total. The van der Waals surface area contributed by atoms with Crippen LogP contribution in [-0.4, -0.2) is 57.0 Å². The molecule has 2 aromatic rings. The lowest BCUT2D eigenvalue weighted by molar-refractivity contribution is -0.141. The maximum atomic E-state index is 13.2. The lowest BCUT2D eigenvalue weighted by atomic mass is 9.94. The number of methoxy groups -OCH3 is 2. The Balaban J connectivity index is 2.24. The van der Waals surface area contributed by atoms with Gasteiger partial charge in [0.15, 0.2) is 0 Å². The number of carbonyl (C=O) groups excluding carboxylic acids is 4. The second kappa shape index (κ2) is 12.5. The molecule has 0 radical (unpaired) electrons. The Morgan fingerprint density at radius 1 is 1.00 bits per heavy atom. The fraction of sp³-hybridized carbons (Fsp3) is 0.379. The van der Waals surface area contributed by atoms with Crippen LogP contribution in [0.3, 0.4) is 0 Å². The second-order valence-corrected chi connectivity index (χ2v) is 10.0. The molecule has 1 aliphatic rings. The molecular weight excluding hydrogens is 520 g/mol. The van der Waals surface area contributed by atoms with Crippen LogP contribution in [0.2, 0.25) is 0 Å². The second-order valence-electron chi connectivity index (χ2n) is 10.0. The van der Waals surface area contributed by atoms with E-state index < -0.39 is 41.2 Å². The summed E-state index contributed by atoms with van der Waals surface area (Å²) in [5.74, 6) is -2.67. The third-order valence-corrected chi connectivity index (χ3v) is 5.93. The molecule has 0 saturated carbocycles. The number of hydrogen-bond acceptors (Lipinski definition) is 10. The van der Waals surface area contributed by atoms with Crippen LogP contribution >= 0.6 is 0 Å². The van der Waals surface area contributed by atoms with E-state index in [9.17, 15) is 19.2 Å². The molecule has 214 valence electrons. The van der Waals surface area contributed by atoms with Gasteiger partial charge in [-0.25, -0.2) is 14.4 Å². The largest absolute Gasteiger partial charge is 0.488 e. The Kier molecular flexibility index (Phi) is 9.41. The molecule has 1 atom stereocenters. The third kappa shape index (κ3) is 7.10. The summed E-state index contributed by atoms with van der Waals surface area (Å²) in [5.41, 5.74) is 6.49. The van der Waals surface area contributed by atoms with Crippen LogP contribution in [0.5, 0.6) is 5.75 Å². The van der Waals surface area contributed by atoms with Gasteiger partial charge in [-0.1, -0.05) is 30.3 Å². The number of esters is 3. The van der Waals surface area contributed by atoms with Crippen LogP contribution in [0.1, 0.15) is 50.3 Å². The molecule has 0 aromatic heterocycles. The van der Waals surface area contributed by atoms with Crippen LogP contribution < -0.4 is 15.4 Å². The molecule has 1 heterocycles. The first kappa shape index (κ1) is 30.0. The molecule has 0 saturated heterocycles. The Bertz CT molecular complexity index is 1310. The number of nitrogens with two attached hydrogens (primary N) is 1. The first-order valence-electron chi connectivity index (χ1n) is 12.5. The van der Waals surface area contributed by atoms with Gasteiger partial charge in [-0.15, -0.1) is 0 Å². The highest BCUT2D eigenvalue weighted by Crippen LogP contribution is 2.44. The number of hydrogen-bond donors (Lipinski definition) is 1. The quantitative estimate of drug-likeness (QED) is 0.291. The highest BCUT2D eigenvalue weighted by atomic mass is 16.6. The molecule has 1 amide bonds. The fourth-order valence-electron chi connectivity index (χ4n) is 4.14. The SMILES string of the molecule is COC(=O)C(N)=C(C(=O)OC)c1cc2c(cc1OCc1ccccc1)N(C(=O)OC(C)(C)C)CC2COC(C)=O. The smallest absolute Gasteiger partial charge is 0.414 e. The van der Waals surface area contributed by atoms with Crippen LogP contribution in [-0.2, 0) is 39.9 Å². The van der Waals surface area contributed by atoms with Crippen LogP contribution in [0.25, 0.3) is 5.57 Å². The molecule has 0 bridgehead atoms. The minimum atomic E-state index is -0.943. The van der Waals surface area contributed by atoms with Gasteiger partial charge >= 0.3 is 24.0 Å². The zero-order valence-electron chi connectivity index (χ0n) is 23.4. The standard InChI is InChI=1S/C29H34N2O9/c1-17(32)38-16-19-14-31(28(35)40-29(2,3)4)22-13-23(39-15-18-10-8-7-9-11-18)21(12-20(19)22)24(26(33)36-5)25(30)27(34)37-6/h7-13,19H,14-16,30H2,1-6H3. The van der Waals surface area contributed by atoms with E-state index in [1.54, 1.807) is 32.9 Å². The Morgan fingerprint density at radius 2 is 1.65 bits per heavy atom. The molecule has 11 heteroatoms. The van der Waals surface area contributed by atoms with Crippen molar-refractivity contribution in [3.05, 3.63) is 64.9 Å². The summed E-state index contributed by atoms with van der Waals surface area (Å²) >= 11 is 0. The molecule has 0 aliphatic carbocycles. The Labute approximate surface area is 232 Å². The lowest BCUT2D eigenvalue weighted by Gasteiger charge is -2.25. The summed E-state index contributed by atoms with van der Waals surface area (Å²) in [5, 5.41) is 0. The molecule has 40 heavy (non-hydrogen) atoms. The van der Waals surface area contributed by atoms with Crippen molar-refractivity contribution in [2.24, 2.45) is 5.73 Å². The van der Waals surface area contributed by atoms with Crippen molar-refractivity contribution in [2.45, 2.75) is 45.8 Å². The summed E-state index contributed by atoms with van der Waals surface area (Å²) in [6.45, 7) is 6.71. The average Bonchev–Trinajstić information content (AvgIpc) is 3.27. The fourth-order valence-corrected chi connectivity index (χ4v) is 4.14. The number of fused-ring (bicyclic) bond motifs is 1. The number of ether oxygens (including phenoxy) is 5. The van der Waals surface area contributed by atoms with Crippen molar-refractivity contribution in [3.8, 4) is 5.75 Å². The maximum absolute atomic E-state index is 13.2. The topological polar surface area (TPSA) is 144 Å². The minimum absolute atomic E-state index is 0.0466. The summed E-state index contributed by atoms with van der Waals surface area (Å²) in [7, 11) is 2.28. The molecule has 2 N–H and O–H groups in total. The van der Waals surface area contributed by atoms with Crippen LogP contribution in [0, 0.1) is 0 Å². The van der Waals surface area contributed by atoms with Gasteiger partial charge in [0.1, 0.15) is 29.2 Å². The predicted octanol–water partition coefficient (Wildman–Crippen LogP) is 3.68. The van der Waals surface area contributed by atoms with E-state index in [2.05, 4.69) is 0 Å². The van der Waals surface area contributed by atoms with Gasteiger partial charge in [-0.3, -0.25) is 9.69 Å². The van der Waals surface area contributed by atoms with Crippen molar-refractivity contribution < 1.29 is 42.9 Å². The summed E-state index contributed by atoms with van der Waals surface area (Å²) in [6.07, 6.45) is -0.612. The number of nitrogens with zero attached hydrogens (tertiary/aromatic N) is 1. The van der Waals surface area contributed by atoms with Crippen molar-refractivity contribution in [1.29, 1.82) is 0 Å². The third-order valence-electron chi connectivity index (χ3n) is 5.93. The first-order chi connectivity index (χ1) is 18.9. The highest BCUT2D eigenvalue weighted by molar-refractivity contribution is 6.23. The molecule has 1 aliphatic heterocycles. The first-order valence-corrected chi connectivity index (χ1v) is 12.5. The zero-order valence-corrected chi connectivity index (χ0v) is 23.4. The number of benzene rings is 2. The van der Waals surface area contributed by atoms with Gasteiger partial charge in [-0.2, -0.15) is 0 Å². The van der Waals surface area contributed by atoms with Gasteiger partial charge in [0.25, 0.3) is 0 Å². The van der Waals surface area contributed by atoms with Gasteiger partial charge < -0.3 is 29.4 Å². The summed E-state index contributed by atoms with van der Waals surface area (Å²) < 4.78 is 26.7. The highest BCUT2D eigenvalue weighted by Gasteiger charge is 2.38. The summed E-state index contributed by atoms with van der Waals surface area (Å²) in [4.78, 5) is 51.6. The van der Waals surface area contributed by atoms with E-state index >= 15 is 0 Å². The van der Waals surface area contributed by atoms with Crippen molar-refractivity contribution in [1.82, 2.24) is 0 Å². The van der Waals surface area contributed by atoms with Gasteiger partial charge in [0.05, 0.1) is 26.5 Å². The number of anilines is 1. The van der Waals surface area contributed by atoms with E-state index in [0.29, 0.717) is 11.3 Å². The average molecular weight is 555 g/mol. The predicted molar refractivity (Wildman–Crippen MR) is 145 cm³/mol. The Morgan fingerprint density at radius 3 is 2.23 bits per heavy atom. The van der Waals surface area contributed by atoms with Crippen molar-refractivity contribution in [3.63, 3.8) is 0 Å². The number of amides is 1. The van der Waals surface area contributed by atoms with Crippen molar-refractivity contribution in [2.75, 3.05) is 32.3 Å².